The van der Waals surface area contributed by atoms with E-state index in [1.807, 2.05) is 24.3 Å². The molecule has 160 valence electrons. The van der Waals surface area contributed by atoms with Gasteiger partial charge in [-0.15, -0.1) is 0 Å². The maximum atomic E-state index is 12.9. The predicted molar refractivity (Wildman–Crippen MR) is 134 cm³/mol. The molecule has 1 fully saturated rings. The van der Waals surface area contributed by atoms with Crippen LogP contribution in [0.25, 0.3) is 6.08 Å². The van der Waals surface area contributed by atoms with Crippen LogP contribution in [0.15, 0.2) is 77.7 Å². The fourth-order valence-electron chi connectivity index (χ4n) is 2.99. The highest BCUT2D eigenvalue weighted by Crippen LogP contribution is 2.35. The summed E-state index contributed by atoms with van der Waals surface area (Å²) < 4.78 is 6.61. The number of benzene rings is 3. The summed E-state index contributed by atoms with van der Waals surface area (Å²) in [5.41, 5.74) is 1.74. The molecule has 0 saturated carbocycles. The van der Waals surface area contributed by atoms with Crippen molar-refractivity contribution in [1.29, 1.82) is 0 Å². The Morgan fingerprint density at radius 2 is 1.69 bits per heavy atom. The fourth-order valence-corrected chi connectivity index (χ4v) is 4.30. The standard InChI is InChI=1S/C24H15ClINO4S/c25-18-9-7-16(8-10-18)23(29)31-20-4-2-1-3-17(20)13-21-22(28)27(24(30)32-21)14-15-5-11-19(26)12-6-15/h1-13H,14H2/b21-13-. The van der Waals surface area contributed by atoms with Crippen LogP contribution in [0.3, 0.4) is 0 Å². The van der Waals surface area contributed by atoms with Crippen LogP contribution < -0.4 is 4.74 Å². The number of thioether (sulfide) groups is 1. The van der Waals surface area contributed by atoms with Gasteiger partial charge in [-0.25, -0.2) is 4.79 Å². The lowest BCUT2D eigenvalue weighted by Gasteiger charge is -2.12. The molecule has 0 spiro atoms. The quantitative estimate of drug-likeness (QED) is 0.152. The van der Waals surface area contributed by atoms with Crippen molar-refractivity contribution < 1.29 is 19.1 Å². The Bertz CT molecular complexity index is 1230. The molecule has 4 rings (SSSR count). The first-order chi connectivity index (χ1) is 15.4. The molecule has 3 aromatic rings. The summed E-state index contributed by atoms with van der Waals surface area (Å²) in [6.07, 6.45) is 1.57. The molecule has 1 aliphatic heterocycles. The maximum Gasteiger partial charge on any atom is 0.343 e. The molecular weight excluding hydrogens is 561 g/mol. The van der Waals surface area contributed by atoms with Gasteiger partial charge in [0.05, 0.1) is 17.0 Å². The molecule has 32 heavy (non-hydrogen) atoms. The van der Waals surface area contributed by atoms with E-state index in [0.29, 0.717) is 16.1 Å². The molecule has 2 amide bonds. The molecule has 3 aromatic carbocycles. The molecule has 0 bridgehead atoms. The van der Waals surface area contributed by atoms with Crippen LogP contribution >= 0.6 is 46.0 Å². The monoisotopic (exact) mass is 575 g/mol. The molecule has 0 aliphatic carbocycles. The number of hydrogen-bond acceptors (Lipinski definition) is 5. The Balaban J connectivity index is 1.54. The van der Waals surface area contributed by atoms with Crippen molar-refractivity contribution in [3.05, 3.63) is 103 Å². The minimum Gasteiger partial charge on any atom is -0.422 e. The number of halogens is 2. The normalized spacial score (nSPS) is 14.8. The van der Waals surface area contributed by atoms with Crippen molar-refractivity contribution in [1.82, 2.24) is 4.90 Å². The summed E-state index contributed by atoms with van der Waals surface area (Å²) in [6.45, 7) is 0.201. The van der Waals surface area contributed by atoms with E-state index < -0.39 is 5.97 Å². The van der Waals surface area contributed by atoms with Crippen molar-refractivity contribution in [2.75, 3.05) is 0 Å². The van der Waals surface area contributed by atoms with Crippen LogP contribution in [0.1, 0.15) is 21.5 Å². The lowest BCUT2D eigenvalue weighted by atomic mass is 10.1. The van der Waals surface area contributed by atoms with Gasteiger partial charge >= 0.3 is 5.97 Å². The number of amides is 2. The van der Waals surface area contributed by atoms with Crippen molar-refractivity contribution >= 4 is 69.1 Å². The lowest BCUT2D eigenvalue weighted by Crippen LogP contribution is -2.27. The average molecular weight is 576 g/mol. The Morgan fingerprint density at radius 3 is 2.41 bits per heavy atom. The van der Waals surface area contributed by atoms with Crippen LogP contribution in [0, 0.1) is 3.57 Å². The topological polar surface area (TPSA) is 63.7 Å². The zero-order valence-electron chi connectivity index (χ0n) is 16.5. The van der Waals surface area contributed by atoms with Gasteiger partial charge in [0.1, 0.15) is 5.75 Å². The molecular formula is C24H15ClINO4S. The van der Waals surface area contributed by atoms with E-state index in [9.17, 15) is 14.4 Å². The summed E-state index contributed by atoms with van der Waals surface area (Å²) in [7, 11) is 0. The Hall–Kier alpha value is -2.62. The molecule has 1 aliphatic rings. The number of imide groups is 1. The van der Waals surface area contributed by atoms with E-state index in [1.165, 1.54) is 4.90 Å². The number of carbonyl (C=O) groups excluding carboxylic acids is 3. The van der Waals surface area contributed by atoms with Gasteiger partial charge in [-0.2, -0.15) is 0 Å². The van der Waals surface area contributed by atoms with Gasteiger partial charge < -0.3 is 4.74 Å². The first-order valence-electron chi connectivity index (χ1n) is 9.47. The van der Waals surface area contributed by atoms with Gasteiger partial charge in [-0.05, 0) is 88.5 Å². The molecule has 5 nitrogen and oxygen atoms in total. The molecule has 0 aromatic heterocycles. The second kappa shape index (κ2) is 9.89. The highest BCUT2D eigenvalue weighted by molar-refractivity contribution is 14.1. The van der Waals surface area contributed by atoms with Crippen LogP contribution in [-0.4, -0.2) is 22.0 Å². The fraction of sp³-hybridized carbons (Fsp3) is 0.0417. The molecule has 1 saturated heterocycles. The Kier molecular flexibility index (Phi) is 6.98. The van der Waals surface area contributed by atoms with Gasteiger partial charge in [0.2, 0.25) is 0 Å². The predicted octanol–water partition coefficient (Wildman–Crippen LogP) is 6.40. The zero-order valence-corrected chi connectivity index (χ0v) is 20.2. The van der Waals surface area contributed by atoms with E-state index in [2.05, 4.69) is 22.6 Å². The molecule has 0 N–H and O–H groups in total. The van der Waals surface area contributed by atoms with Crippen molar-refractivity contribution in [2.24, 2.45) is 0 Å². The summed E-state index contributed by atoms with van der Waals surface area (Å²) >= 11 is 8.93. The molecule has 8 heteroatoms. The minimum atomic E-state index is -0.547. The van der Waals surface area contributed by atoms with E-state index in [0.717, 1.165) is 20.9 Å². The number of rotatable bonds is 5. The van der Waals surface area contributed by atoms with Gasteiger partial charge in [-0.1, -0.05) is 41.9 Å². The molecule has 0 unspecified atom stereocenters. The zero-order chi connectivity index (χ0) is 22.7. The third-order valence-corrected chi connectivity index (χ3v) is 6.49. The number of nitrogens with zero attached hydrogens (tertiary/aromatic N) is 1. The number of esters is 1. The van der Waals surface area contributed by atoms with Gasteiger partial charge in [0, 0.05) is 14.2 Å². The van der Waals surface area contributed by atoms with Crippen molar-refractivity contribution in [2.45, 2.75) is 6.54 Å². The Labute approximate surface area is 207 Å². The SMILES string of the molecule is O=C(Oc1ccccc1/C=C1\SC(=O)N(Cc2ccc(I)cc2)C1=O)c1ccc(Cl)cc1. The van der Waals surface area contributed by atoms with E-state index in [1.54, 1.807) is 54.6 Å². The van der Waals surface area contributed by atoms with Gasteiger partial charge in [0.25, 0.3) is 11.1 Å². The number of carbonyl (C=O) groups is 3. The smallest absolute Gasteiger partial charge is 0.343 e. The van der Waals surface area contributed by atoms with E-state index in [4.69, 9.17) is 16.3 Å². The number of hydrogen-bond donors (Lipinski definition) is 0. The van der Waals surface area contributed by atoms with E-state index >= 15 is 0 Å². The first kappa shape index (κ1) is 22.6. The summed E-state index contributed by atoms with van der Waals surface area (Å²) in [5, 5.41) is 0.179. The summed E-state index contributed by atoms with van der Waals surface area (Å²) in [4.78, 5) is 39.3. The van der Waals surface area contributed by atoms with Crippen LogP contribution in [0.5, 0.6) is 5.75 Å². The highest BCUT2D eigenvalue weighted by Gasteiger charge is 2.35. The lowest BCUT2D eigenvalue weighted by molar-refractivity contribution is -0.123. The summed E-state index contributed by atoms with van der Waals surface area (Å²) in [5.74, 6) is -0.636. The van der Waals surface area contributed by atoms with Crippen LogP contribution in [0.2, 0.25) is 5.02 Å². The summed E-state index contributed by atoms with van der Waals surface area (Å²) in [6, 6.07) is 20.8. The second-order valence-corrected chi connectivity index (χ2v) is 9.50. The highest BCUT2D eigenvalue weighted by atomic mass is 127. The first-order valence-corrected chi connectivity index (χ1v) is 11.7. The third-order valence-electron chi connectivity index (χ3n) is 4.62. The molecule has 1 heterocycles. The average Bonchev–Trinajstić information content (AvgIpc) is 3.04. The third kappa shape index (κ3) is 5.23. The maximum absolute atomic E-state index is 12.9. The van der Waals surface area contributed by atoms with Crippen LogP contribution in [0.4, 0.5) is 4.79 Å². The Morgan fingerprint density at radius 1 is 1.00 bits per heavy atom. The van der Waals surface area contributed by atoms with Crippen molar-refractivity contribution in [3.8, 4) is 5.75 Å². The van der Waals surface area contributed by atoms with Crippen LogP contribution in [-0.2, 0) is 11.3 Å². The van der Waals surface area contributed by atoms with Gasteiger partial charge in [0.15, 0.2) is 0 Å². The molecule has 0 atom stereocenters. The largest absolute Gasteiger partial charge is 0.422 e. The minimum absolute atomic E-state index is 0.201. The van der Waals surface area contributed by atoms with E-state index in [-0.39, 0.29) is 28.3 Å². The van der Waals surface area contributed by atoms with Gasteiger partial charge in [-0.3, -0.25) is 14.5 Å². The number of ether oxygens (including phenoxy) is 1. The second-order valence-electron chi connectivity index (χ2n) is 6.83. The molecule has 0 radical (unpaired) electrons. The van der Waals surface area contributed by atoms with Crippen molar-refractivity contribution in [3.63, 3.8) is 0 Å². The number of para-hydroxylation sites is 1.